The molecule has 1 aliphatic heterocycles. The molecule has 0 saturated carbocycles. The van der Waals surface area contributed by atoms with E-state index in [9.17, 15) is 4.79 Å². The van der Waals surface area contributed by atoms with Gasteiger partial charge in [-0.05, 0) is 44.4 Å². The molecule has 1 heterocycles. The van der Waals surface area contributed by atoms with E-state index in [1.165, 1.54) is 26.4 Å². The number of rotatable bonds is 2. The van der Waals surface area contributed by atoms with E-state index in [0.717, 1.165) is 12.2 Å². The Morgan fingerprint density at radius 3 is 2.89 bits per heavy atom. The van der Waals surface area contributed by atoms with E-state index in [1.807, 2.05) is 12.1 Å². The van der Waals surface area contributed by atoms with Crippen LogP contribution in [0.5, 0.6) is 0 Å². The number of nitrogen functional groups attached to an aromatic ring is 1. The minimum absolute atomic E-state index is 0.376. The van der Waals surface area contributed by atoms with Crippen LogP contribution < -0.4 is 10.6 Å². The maximum Gasteiger partial charge on any atom is 0.340 e. The van der Waals surface area contributed by atoms with E-state index < -0.39 is 0 Å². The molecule has 2 rings (SSSR count). The average Bonchev–Trinajstić information content (AvgIpc) is 2.39. The molecule has 1 atom stereocenters. The van der Waals surface area contributed by atoms with Crippen LogP contribution in [0.3, 0.4) is 0 Å². The fourth-order valence-electron chi connectivity index (χ4n) is 2.49. The minimum atomic E-state index is -0.376. The van der Waals surface area contributed by atoms with Gasteiger partial charge in [-0.25, -0.2) is 4.79 Å². The predicted molar refractivity (Wildman–Crippen MR) is 72.9 cm³/mol. The van der Waals surface area contributed by atoms with Crippen LogP contribution in [-0.4, -0.2) is 25.7 Å². The molecule has 1 aromatic rings. The van der Waals surface area contributed by atoms with Gasteiger partial charge in [0, 0.05) is 24.0 Å². The fraction of sp³-hybridized carbons (Fsp3) is 0.500. The fourth-order valence-corrected chi connectivity index (χ4v) is 2.49. The van der Waals surface area contributed by atoms with Crippen molar-refractivity contribution in [2.24, 2.45) is 0 Å². The molecule has 0 bridgehead atoms. The standard InChI is InChI=1S/C14H20N2O2/c1-10-5-3-4-8-16(10)11-6-7-13(15)12(9-11)14(17)18-2/h6-7,9-10H,3-5,8,15H2,1-2H3. The van der Waals surface area contributed by atoms with Crippen molar-refractivity contribution < 1.29 is 9.53 Å². The van der Waals surface area contributed by atoms with Gasteiger partial charge in [0.05, 0.1) is 12.7 Å². The highest BCUT2D eigenvalue weighted by Gasteiger charge is 2.20. The molecule has 18 heavy (non-hydrogen) atoms. The van der Waals surface area contributed by atoms with E-state index in [-0.39, 0.29) is 5.97 Å². The van der Waals surface area contributed by atoms with Crippen molar-refractivity contribution in [1.82, 2.24) is 0 Å². The lowest BCUT2D eigenvalue weighted by atomic mass is 10.0. The Morgan fingerprint density at radius 1 is 1.44 bits per heavy atom. The molecule has 0 amide bonds. The van der Waals surface area contributed by atoms with Crippen LogP contribution in [-0.2, 0) is 4.74 Å². The third-order valence-electron chi connectivity index (χ3n) is 3.58. The summed E-state index contributed by atoms with van der Waals surface area (Å²) < 4.78 is 4.75. The highest BCUT2D eigenvalue weighted by atomic mass is 16.5. The van der Waals surface area contributed by atoms with Crippen LogP contribution in [0, 0.1) is 0 Å². The van der Waals surface area contributed by atoms with Gasteiger partial charge in [0.1, 0.15) is 0 Å². The second kappa shape index (κ2) is 5.29. The summed E-state index contributed by atoms with van der Waals surface area (Å²) in [5, 5.41) is 0. The van der Waals surface area contributed by atoms with Gasteiger partial charge in [-0.2, -0.15) is 0 Å². The summed E-state index contributed by atoms with van der Waals surface area (Å²) in [6, 6.07) is 6.10. The lowest BCUT2D eigenvalue weighted by Crippen LogP contribution is -2.37. The molecule has 1 unspecified atom stereocenters. The number of carbonyl (C=O) groups excluding carboxylic acids is 1. The molecule has 0 spiro atoms. The Kier molecular flexibility index (Phi) is 3.75. The summed E-state index contributed by atoms with van der Waals surface area (Å²) in [5.41, 5.74) is 7.78. The maximum absolute atomic E-state index is 11.6. The van der Waals surface area contributed by atoms with E-state index in [1.54, 1.807) is 6.07 Å². The molecule has 4 nitrogen and oxygen atoms in total. The predicted octanol–water partition coefficient (Wildman–Crippen LogP) is 2.43. The highest BCUT2D eigenvalue weighted by Crippen LogP contribution is 2.27. The van der Waals surface area contributed by atoms with Crippen LogP contribution in [0.25, 0.3) is 0 Å². The third-order valence-corrected chi connectivity index (χ3v) is 3.58. The Morgan fingerprint density at radius 2 is 2.22 bits per heavy atom. The second-order valence-corrected chi connectivity index (χ2v) is 4.80. The molecular weight excluding hydrogens is 228 g/mol. The van der Waals surface area contributed by atoms with Crippen molar-refractivity contribution in [3.63, 3.8) is 0 Å². The van der Waals surface area contributed by atoms with E-state index in [0.29, 0.717) is 17.3 Å². The normalized spacial score (nSPS) is 19.7. The molecule has 0 aliphatic carbocycles. The number of esters is 1. The van der Waals surface area contributed by atoms with Gasteiger partial charge in [-0.3, -0.25) is 0 Å². The van der Waals surface area contributed by atoms with Gasteiger partial charge in [0.15, 0.2) is 0 Å². The second-order valence-electron chi connectivity index (χ2n) is 4.80. The lowest BCUT2D eigenvalue weighted by molar-refractivity contribution is 0.0602. The summed E-state index contributed by atoms with van der Waals surface area (Å²) in [6.07, 6.45) is 3.66. The molecule has 2 N–H and O–H groups in total. The highest BCUT2D eigenvalue weighted by molar-refractivity contribution is 5.96. The summed E-state index contributed by atoms with van der Waals surface area (Å²) in [5.74, 6) is -0.376. The van der Waals surface area contributed by atoms with Crippen molar-refractivity contribution in [2.75, 3.05) is 24.3 Å². The van der Waals surface area contributed by atoms with Crippen molar-refractivity contribution in [3.05, 3.63) is 23.8 Å². The number of nitrogens with two attached hydrogens (primary N) is 1. The first kappa shape index (κ1) is 12.7. The topological polar surface area (TPSA) is 55.6 Å². The smallest absolute Gasteiger partial charge is 0.340 e. The Bertz CT molecular complexity index is 445. The van der Waals surface area contributed by atoms with Gasteiger partial charge in [-0.15, -0.1) is 0 Å². The number of piperidine rings is 1. The first-order chi connectivity index (χ1) is 8.63. The summed E-state index contributed by atoms with van der Waals surface area (Å²) >= 11 is 0. The molecule has 1 fully saturated rings. The number of benzene rings is 1. The van der Waals surface area contributed by atoms with Crippen LogP contribution in [0.2, 0.25) is 0 Å². The number of hydrogen-bond acceptors (Lipinski definition) is 4. The molecule has 1 aromatic carbocycles. The van der Waals surface area contributed by atoms with Gasteiger partial charge in [0.25, 0.3) is 0 Å². The number of nitrogens with zero attached hydrogens (tertiary/aromatic N) is 1. The van der Waals surface area contributed by atoms with Gasteiger partial charge in [-0.1, -0.05) is 0 Å². The number of hydrogen-bond donors (Lipinski definition) is 1. The van der Waals surface area contributed by atoms with Gasteiger partial charge < -0.3 is 15.4 Å². The van der Waals surface area contributed by atoms with E-state index >= 15 is 0 Å². The lowest BCUT2D eigenvalue weighted by Gasteiger charge is -2.35. The van der Waals surface area contributed by atoms with Crippen LogP contribution in [0.1, 0.15) is 36.5 Å². The quantitative estimate of drug-likeness (QED) is 0.645. The minimum Gasteiger partial charge on any atom is -0.465 e. The molecule has 0 aromatic heterocycles. The van der Waals surface area contributed by atoms with E-state index in [2.05, 4.69) is 11.8 Å². The van der Waals surface area contributed by atoms with Crippen molar-refractivity contribution in [1.29, 1.82) is 0 Å². The zero-order valence-corrected chi connectivity index (χ0v) is 11.0. The monoisotopic (exact) mass is 248 g/mol. The average molecular weight is 248 g/mol. The zero-order valence-electron chi connectivity index (χ0n) is 11.0. The first-order valence-corrected chi connectivity index (χ1v) is 6.38. The first-order valence-electron chi connectivity index (χ1n) is 6.38. The zero-order chi connectivity index (χ0) is 13.1. The molecular formula is C14H20N2O2. The van der Waals surface area contributed by atoms with Gasteiger partial charge in [0.2, 0.25) is 0 Å². The summed E-state index contributed by atoms with van der Waals surface area (Å²) in [6.45, 7) is 3.25. The Balaban J connectivity index is 2.31. The Hall–Kier alpha value is -1.71. The van der Waals surface area contributed by atoms with E-state index in [4.69, 9.17) is 10.5 Å². The van der Waals surface area contributed by atoms with Crippen LogP contribution >= 0.6 is 0 Å². The Labute approximate surface area is 108 Å². The molecule has 4 heteroatoms. The third kappa shape index (κ3) is 2.42. The largest absolute Gasteiger partial charge is 0.465 e. The van der Waals surface area contributed by atoms with Crippen LogP contribution in [0.15, 0.2) is 18.2 Å². The number of ether oxygens (including phenoxy) is 1. The molecule has 1 aliphatic rings. The van der Waals surface area contributed by atoms with Gasteiger partial charge >= 0.3 is 5.97 Å². The number of anilines is 2. The molecule has 1 saturated heterocycles. The van der Waals surface area contributed by atoms with Crippen molar-refractivity contribution in [3.8, 4) is 0 Å². The molecule has 98 valence electrons. The van der Waals surface area contributed by atoms with Crippen molar-refractivity contribution >= 4 is 17.3 Å². The maximum atomic E-state index is 11.6. The van der Waals surface area contributed by atoms with Crippen molar-refractivity contribution in [2.45, 2.75) is 32.2 Å². The number of carbonyl (C=O) groups is 1. The molecule has 0 radical (unpaired) electrons. The summed E-state index contributed by atoms with van der Waals surface area (Å²) in [4.78, 5) is 14.0. The van der Waals surface area contributed by atoms with Crippen LogP contribution in [0.4, 0.5) is 11.4 Å². The number of methoxy groups -OCH3 is 1. The SMILES string of the molecule is COC(=O)c1cc(N2CCCCC2C)ccc1N. The summed E-state index contributed by atoms with van der Waals surface area (Å²) in [7, 11) is 1.37.